The second-order valence-electron chi connectivity index (χ2n) is 6.68. The molecule has 0 aromatic rings. The zero-order valence-electron chi connectivity index (χ0n) is 14.4. The molecule has 1 saturated heterocycles. The fourth-order valence-electron chi connectivity index (χ4n) is 3.06. The van der Waals surface area contributed by atoms with E-state index in [2.05, 4.69) is 11.7 Å². The molecule has 0 radical (unpaired) electrons. The summed E-state index contributed by atoms with van der Waals surface area (Å²) in [7, 11) is 0. The van der Waals surface area contributed by atoms with E-state index in [0.717, 1.165) is 12.8 Å². The summed E-state index contributed by atoms with van der Waals surface area (Å²) < 4.78 is 4.34. The van der Waals surface area contributed by atoms with E-state index in [9.17, 15) is 9.59 Å². The number of carbonyl (C=O) groups is 2. The van der Waals surface area contributed by atoms with Gasteiger partial charge in [-0.2, -0.15) is 0 Å². The number of carbonyl (C=O) groups excluding carboxylic acids is 2. The Morgan fingerprint density at radius 2 is 1.00 bits per heavy atom. The molecule has 0 bridgehead atoms. The predicted octanol–water partition coefficient (Wildman–Crippen LogP) is 5.56. The number of esters is 2. The van der Waals surface area contributed by atoms with Gasteiger partial charge in [0.05, 0.1) is 0 Å². The van der Waals surface area contributed by atoms with Crippen molar-refractivity contribution < 1.29 is 14.3 Å². The van der Waals surface area contributed by atoms with Crippen molar-refractivity contribution in [3.63, 3.8) is 0 Å². The number of hydrogen-bond donors (Lipinski definition) is 0. The van der Waals surface area contributed by atoms with Crippen molar-refractivity contribution in [2.45, 2.75) is 103 Å². The number of unbranched alkanes of at least 4 members (excludes halogenated alkanes) is 13. The van der Waals surface area contributed by atoms with Gasteiger partial charge in [-0.1, -0.05) is 96.8 Å². The highest BCUT2D eigenvalue weighted by Crippen LogP contribution is 2.22. The van der Waals surface area contributed by atoms with Crippen LogP contribution in [0, 0.1) is 5.92 Å². The third kappa shape index (κ3) is 8.55. The molecule has 0 amide bonds. The van der Waals surface area contributed by atoms with Gasteiger partial charge >= 0.3 is 11.9 Å². The second kappa shape index (κ2) is 12.7. The van der Waals surface area contributed by atoms with Crippen LogP contribution in [0.2, 0.25) is 0 Å². The summed E-state index contributed by atoms with van der Waals surface area (Å²) in [5.41, 5.74) is 0. The van der Waals surface area contributed by atoms with Crippen molar-refractivity contribution in [1.29, 1.82) is 0 Å². The monoisotopic (exact) mass is 310 g/mol. The molecule has 0 aromatic heterocycles. The van der Waals surface area contributed by atoms with Crippen molar-refractivity contribution in [2.75, 3.05) is 0 Å². The van der Waals surface area contributed by atoms with Crippen molar-refractivity contribution >= 4 is 11.9 Å². The molecule has 1 aliphatic rings. The first-order chi connectivity index (χ1) is 10.8. The zero-order valence-corrected chi connectivity index (χ0v) is 14.4. The molecule has 1 fully saturated rings. The summed E-state index contributed by atoms with van der Waals surface area (Å²) >= 11 is 0. The molecule has 0 aromatic carbocycles. The molecule has 0 aliphatic carbocycles. The maximum atomic E-state index is 11.0. The summed E-state index contributed by atoms with van der Waals surface area (Å²) in [4.78, 5) is 21.9. The van der Waals surface area contributed by atoms with E-state index in [1.807, 2.05) is 0 Å². The summed E-state index contributed by atoms with van der Waals surface area (Å²) in [5, 5.41) is 0. The van der Waals surface area contributed by atoms with Crippen LogP contribution >= 0.6 is 0 Å². The molecule has 1 rings (SSSR count). The van der Waals surface area contributed by atoms with Crippen LogP contribution in [0.25, 0.3) is 0 Å². The minimum atomic E-state index is -0.433. The van der Waals surface area contributed by atoms with E-state index in [-0.39, 0.29) is 11.9 Å². The van der Waals surface area contributed by atoms with Gasteiger partial charge in [-0.15, -0.1) is 0 Å². The van der Waals surface area contributed by atoms with Gasteiger partial charge in [0.1, 0.15) is 0 Å². The van der Waals surface area contributed by atoms with Crippen molar-refractivity contribution in [1.82, 2.24) is 0 Å². The van der Waals surface area contributed by atoms with Crippen LogP contribution in [-0.2, 0) is 14.3 Å². The number of ether oxygens (including phenoxy) is 1. The molecule has 0 unspecified atom stereocenters. The maximum Gasteiger partial charge on any atom is 0.328 e. The smallest absolute Gasteiger partial charge is 0.328 e. The van der Waals surface area contributed by atoms with Gasteiger partial charge in [-0.05, 0) is 6.42 Å². The van der Waals surface area contributed by atoms with Crippen molar-refractivity contribution in [3.05, 3.63) is 0 Å². The molecule has 128 valence electrons. The lowest BCUT2D eigenvalue weighted by Crippen LogP contribution is -2.40. The molecule has 1 heterocycles. The third-order valence-corrected chi connectivity index (χ3v) is 4.62. The van der Waals surface area contributed by atoms with Crippen LogP contribution in [0.15, 0.2) is 0 Å². The first kappa shape index (κ1) is 19.2. The first-order valence-electron chi connectivity index (χ1n) is 9.51. The number of cyclic esters (lactones) is 2. The summed E-state index contributed by atoms with van der Waals surface area (Å²) in [6, 6.07) is 0. The van der Waals surface area contributed by atoms with E-state index < -0.39 is 5.92 Å². The fourth-order valence-corrected chi connectivity index (χ4v) is 3.06. The molecule has 0 saturated carbocycles. The lowest BCUT2D eigenvalue weighted by atomic mass is 9.97. The van der Waals surface area contributed by atoms with E-state index in [1.165, 1.54) is 77.0 Å². The van der Waals surface area contributed by atoms with Crippen LogP contribution in [-0.4, -0.2) is 11.9 Å². The van der Waals surface area contributed by atoms with Crippen LogP contribution in [0.1, 0.15) is 103 Å². The highest BCUT2D eigenvalue weighted by atomic mass is 16.6. The van der Waals surface area contributed by atoms with Gasteiger partial charge in [0.15, 0.2) is 5.92 Å². The average molecular weight is 310 g/mol. The van der Waals surface area contributed by atoms with Crippen LogP contribution in [0.4, 0.5) is 0 Å². The van der Waals surface area contributed by atoms with Crippen LogP contribution < -0.4 is 0 Å². The topological polar surface area (TPSA) is 43.4 Å². The van der Waals surface area contributed by atoms with Crippen LogP contribution in [0.5, 0.6) is 0 Å². The van der Waals surface area contributed by atoms with Gasteiger partial charge < -0.3 is 4.74 Å². The normalized spacial score (nSPS) is 15.0. The summed E-state index contributed by atoms with van der Waals surface area (Å²) in [6.07, 6.45) is 19.2. The van der Waals surface area contributed by atoms with Gasteiger partial charge in [0.25, 0.3) is 0 Å². The number of rotatable bonds is 15. The van der Waals surface area contributed by atoms with Gasteiger partial charge in [-0.25, -0.2) is 0 Å². The second-order valence-corrected chi connectivity index (χ2v) is 6.68. The van der Waals surface area contributed by atoms with Gasteiger partial charge in [0, 0.05) is 0 Å². The Hall–Kier alpha value is -0.860. The standard InChI is InChI=1S/C19H34O3/c1-2-3-4-5-6-7-8-9-10-11-12-13-14-15-16-17-18(20)22-19(17)21/h17H,2-16H2,1H3. The van der Waals surface area contributed by atoms with Crippen LogP contribution in [0.3, 0.4) is 0 Å². The molecular formula is C19H34O3. The lowest BCUT2D eigenvalue weighted by molar-refractivity contribution is -0.184. The number of hydrogen-bond acceptors (Lipinski definition) is 3. The minimum absolute atomic E-state index is 0.320. The first-order valence-corrected chi connectivity index (χ1v) is 9.51. The minimum Gasteiger partial charge on any atom is -0.392 e. The van der Waals surface area contributed by atoms with E-state index in [0.29, 0.717) is 6.42 Å². The zero-order chi connectivity index (χ0) is 16.0. The van der Waals surface area contributed by atoms with Gasteiger partial charge in [-0.3, -0.25) is 9.59 Å². The molecule has 0 spiro atoms. The molecule has 22 heavy (non-hydrogen) atoms. The highest BCUT2D eigenvalue weighted by molar-refractivity contribution is 6.09. The lowest BCUT2D eigenvalue weighted by Gasteiger charge is -2.21. The molecule has 3 heteroatoms. The predicted molar refractivity (Wildman–Crippen MR) is 89.5 cm³/mol. The molecule has 0 atom stereocenters. The Balaban J connectivity index is 1.71. The molecule has 1 aliphatic heterocycles. The largest absolute Gasteiger partial charge is 0.392 e. The van der Waals surface area contributed by atoms with E-state index in [1.54, 1.807) is 0 Å². The van der Waals surface area contributed by atoms with Gasteiger partial charge in [0.2, 0.25) is 0 Å². The van der Waals surface area contributed by atoms with E-state index in [4.69, 9.17) is 0 Å². The molecular weight excluding hydrogens is 276 g/mol. The summed E-state index contributed by atoms with van der Waals surface area (Å²) in [5.74, 6) is -1.07. The Morgan fingerprint density at radius 1 is 0.636 bits per heavy atom. The third-order valence-electron chi connectivity index (χ3n) is 4.62. The Kier molecular flexibility index (Phi) is 11.0. The molecule has 3 nitrogen and oxygen atoms in total. The summed E-state index contributed by atoms with van der Waals surface area (Å²) in [6.45, 7) is 2.26. The quantitative estimate of drug-likeness (QED) is 0.226. The maximum absolute atomic E-state index is 11.0. The SMILES string of the molecule is CCCCCCCCCCCCCCCCC1C(=O)OC1=O. The fraction of sp³-hybridized carbons (Fsp3) is 0.895. The Labute approximate surface area is 136 Å². The Morgan fingerprint density at radius 3 is 1.36 bits per heavy atom. The van der Waals surface area contributed by atoms with E-state index >= 15 is 0 Å². The van der Waals surface area contributed by atoms with Crippen molar-refractivity contribution in [3.8, 4) is 0 Å². The average Bonchev–Trinajstić information content (AvgIpc) is 2.51. The highest BCUT2D eigenvalue weighted by Gasteiger charge is 2.40. The Bertz CT molecular complexity index is 298. The molecule has 0 N–H and O–H groups in total. The van der Waals surface area contributed by atoms with Crippen molar-refractivity contribution in [2.24, 2.45) is 5.92 Å².